The highest BCUT2D eigenvalue weighted by atomic mass is 35.5. The summed E-state index contributed by atoms with van der Waals surface area (Å²) in [5.41, 5.74) is 3.51. The van der Waals surface area contributed by atoms with E-state index in [0.717, 1.165) is 18.2 Å². The zero-order valence-electron chi connectivity index (χ0n) is 9.87. The lowest BCUT2D eigenvalue weighted by Crippen LogP contribution is -2.38. The molecule has 116 valence electrons. The van der Waals surface area contributed by atoms with Gasteiger partial charge in [0.2, 0.25) is 0 Å². The molecule has 1 aromatic rings. The van der Waals surface area contributed by atoms with Gasteiger partial charge in [-0.1, -0.05) is 12.1 Å². The van der Waals surface area contributed by atoms with Gasteiger partial charge >= 0.3 is 12.4 Å². The molecule has 0 aliphatic rings. The Morgan fingerprint density at radius 1 is 1.10 bits per heavy atom. The Balaban J connectivity index is 0.00000361. The van der Waals surface area contributed by atoms with Crippen LogP contribution >= 0.6 is 12.4 Å². The lowest BCUT2D eigenvalue weighted by atomic mass is 10.00. The maximum Gasteiger partial charge on any atom is 0.416 e. The van der Waals surface area contributed by atoms with Crippen LogP contribution in [-0.4, -0.2) is 17.3 Å². The van der Waals surface area contributed by atoms with Crippen molar-refractivity contribution in [2.75, 3.05) is 0 Å². The maximum atomic E-state index is 12.4. The number of rotatable bonds is 3. The molecule has 0 heterocycles. The number of aliphatic hydroxyl groups is 1. The number of hydrogen-bond donors (Lipinski definition) is 2. The molecular weight excluding hydrogens is 312 g/mol. The van der Waals surface area contributed by atoms with Crippen LogP contribution in [0.25, 0.3) is 0 Å². The highest BCUT2D eigenvalue weighted by Crippen LogP contribution is 2.32. The van der Waals surface area contributed by atoms with E-state index >= 15 is 0 Å². The Labute approximate surface area is 117 Å². The van der Waals surface area contributed by atoms with Gasteiger partial charge in [-0.05, 0) is 17.7 Å². The topological polar surface area (TPSA) is 46.2 Å². The molecule has 0 unspecified atom stereocenters. The summed E-state index contributed by atoms with van der Waals surface area (Å²) in [6.45, 7) is 0. The first-order valence-corrected chi connectivity index (χ1v) is 5.19. The lowest BCUT2D eigenvalue weighted by Gasteiger charge is -2.20. The Morgan fingerprint density at radius 3 is 2.10 bits per heavy atom. The van der Waals surface area contributed by atoms with Crippen molar-refractivity contribution in [3.05, 3.63) is 35.4 Å². The van der Waals surface area contributed by atoms with Gasteiger partial charge in [-0.2, -0.15) is 26.3 Å². The van der Waals surface area contributed by atoms with Gasteiger partial charge in [-0.3, -0.25) is 0 Å². The molecule has 0 aromatic heterocycles. The van der Waals surface area contributed by atoms with Crippen molar-refractivity contribution in [2.24, 2.45) is 5.73 Å². The molecule has 20 heavy (non-hydrogen) atoms. The van der Waals surface area contributed by atoms with Crippen LogP contribution in [0.2, 0.25) is 0 Å². The standard InChI is InChI=1S/C11H11F6NO.ClH/c12-10(13,14)7-3-1-2-6(4-7)8(19)5-9(18)11(15,16)17;/h1-4,8-9,19H,5,18H2;1H/t8-,9+;/m0./s1. The van der Waals surface area contributed by atoms with Gasteiger partial charge < -0.3 is 10.8 Å². The van der Waals surface area contributed by atoms with Crippen LogP contribution in [0.4, 0.5) is 26.3 Å². The second-order valence-corrected chi connectivity index (χ2v) is 4.02. The summed E-state index contributed by atoms with van der Waals surface area (Å²) < 4.78 is 73.7. The van der Waals surface area contributed by atoms with Crippen LogP contribution in [0.1, 0.15) is 23.7 Å². The predicted octanol–water partition coefficient (Wildman–Crippen LogP) is 3.44. The van der Waals surface area contributed by atoms with E-state index in [-0.39, 0.29) is 18.0 Å². The van der Waals surface area contributed by atoms with Gasteiger partial charge in [0.15, 0.2) is 0 Å². The van der Waals surface area contributed by atoms with Crippen LogP contribution in [0.15, 0.2) is 24.3 Å². The van der Waals surface area contributed by atoms with Crippen LogP contribution in [0.5, 0.6) is 0 Å². The fourth-order valence-electron chi connectivity index (χ4n) is 1.43. The number of nitrogens with two attached hydrogens (primary N) is 1. The molecule has 2 nitrogen and oxygen atoms in total. The quantitative estimate of drug-likeness (QED) is 0.837. The minimum atomic E-state index is -4.71. The summed E-state index contributed by atoms with van der Waals surface area (Å²) in [5.74, 6) is 0. The molecule has 0 saturated heterocycles. The van der Waals surface area contributed by atoms with Crippen molar-refractivity contribution < 1.29 is 31.4 Å². The van der Waals surface area contributed by atoms with Crippen molar-refractivity contribution in [1.82, 2.24) is 0 Å². The first-order chi connectivity index (χ1) is 8.51. The average molecular weight is 324 g/mol. The highest BCUT2D eigenvalue weighted by Gasteiger charge is 2.38. The summed E-state index contributed by atoms with van der Waals surface area (Å²) >= 11 is 0. The molecule has 3 N–H and O–H groups in total. The molecule has 0 aliphatic heterocycles. The van der Waals surface area contributed by atoms with Crippen molar-refractivity contribution >= 4 is 12.4 Å². The second-order valence-electron chi connectivity index (χ2n) is 4.02. The van der Waals surface area contributed by atoms with E-state index < -0.39 is 36.5 Å². The van der Waals surface area contributed by atoms with Gasteiger partial charge in [-0.15, -0.1) is 12.4 Å². The summed E-state index contributed by atoms with van der Waals surface area (Å²) in [7, 11) is 0. The van der Waals surface area contributed by atoms with Crippen molar-refractivity contribution in [2.45, 2.75) is 30.9 Å². The summed E-state index contributed by atoms with van der Waals surface area (Å²) in [4.78, 5) is 0. The van der Waals surface area contributed by atoms with Crippen LogP contribution in [-0.2, 0) is 6.18 Å². The third-order valence-electron chi connectivity index (χ3n) is 2.50. The summed E-state index contributed by atoms with van der Waals surface area (Å²) in [5, 5.41) is 9.50. The average Bonchev–Trinajstić information content (AvgIpc) is 2.26. The highest BCUT2D eigenvalue weighted by molar-refractivity contribution is 5.85. The van der Waals surface area contributed by atoms with E-state index in [1.807, 2.05) is 0 Å². The summed E-state index contributed by atoms with van der Waals surface area (Å²) in [6, 6.07) is 1.20. The van der Waals surface area contributed by atoms with Gasteiger partial charge in [0.25, 0.3) is 0 Å². The zero-order valence-corrected chi connectivity index (χ0v) is 10.7. The molecule has 0 bridgehead atoms. The third kappa shape index (κ3) is 5.18. The summed E-state index contributed by atoms with van der Waals surface area (Å²) in [6.07, 6.45) is -11.9. The zero-order chi connectivity index (χ0) is 14.8. The molecular formula is C11H12ClF6NO. The first kappa shape index (κ1) is 19.0. The van der Waals surface area contributed by atoms with E-state index in [2.05, 4.69) is 0 Å². The third-order valence-corrected chi connectivity index (χ3v) is 2.50. The first-order valence-electron chi connectivity index (χ1n) is 5.19. The van der Waals surface area contributed by atoms with Gasteiger partial charge in [0.1, 0.15) is 6.04 Å². The molecule has 0 fully saturated rings. The van der Waals surface area contributed by atoms with Crippen molar-refractivity contribution in [3.63, 3.8) is 0 Å². The maximum absolute atomic E-state index is 12.4. The fraction of sp³-hybridized carbons (Fsp3) is 0.455. The van der Waals surface area contributed by atoms with E-state index in [1.54, 1.807) is 0 Å². The van der Waals surface area contributed by atoms with E-state index in [0.29, 0.717) is 6.07 Å². The van der Waals surface area contributed by atoms with Crippen LogP contribution in [0, 0.1) is 0 Å². The minimum absolute atomic E-state index is 0. The van der Waals surface area contributed by atoms with Crippen molar-refractivity contribution in [1.29, 1.82) is 0 Å². The number of halogens is 7. The van der Waals surface area contributed by atoms with Crippen molar-refractivity contribution in [3.8, 4) is 0 Å². The molecule has 0 aliphatic carbocycles. The largest absolute Gasteiger partial charge is 0.416 e. The van der Waals surface area contributed by atoms with Gasteiger partial charge in [0.05, 0.1) is 11.7 Å². The Kier molecular flexibility index (Phi) is 6.31. The Hall–Kier alpha value is -0.990. The van der Waals surface area contributed by atoms with E-state index in [4.69, 9.17) is 5.73 Å². The number of aliphatic hydroxyl groups excluding tert-OH is 1. The van der Waals surface area contributed by atoms with Gasteiger partial charge in [0, 0.05) is 6.42 Å². The van der Waals surface area contributed by atoms with Crippen LogP contribution < -0.4 is 5.73 Å². The second kappa shape index (κ2) is 6.64. The molecule has 9 heteroatoms. The number of alkyl halides is 6. The monoisotopic (exact) mass is 323 g/mol. The molecule has 0 radical (unpaired) electrons. The Morgan fingerprint density at radius 2 is 1.65 bits per heavy atom. The normalized spacial score (nSPS) is 15.4. The number of hydrogen-bond acceptors (Lipinski definition) is 2. The fourth-order valence-corrected chi connectivity index (χ4v) is 1.43. The SMILES string of the molecule is Cl.N[C@H](C[C@H](O)c1cccc(C(F)(F)F)c1)C(F)(F)F. The van der Waals surface area contributed by atoms with Crippen LogP contribution in [0.3, 0.4) is 0 Å². The van der Waals surface area contributed by atoms with E-state index in [9.17, 15) is 31.4 Å². The number of benzene rings is 1. The molecule has 0 amide bonds. The minimum Gasteiger partial charge on any atom is -0.388 e. The molecule has 0 saturated carbocycles. The molecule has 1 aromatic carbocycles. The molecule has 2 atom stereocenters. The van der Waals surface area contributed by atoms with E-state index in [1.165, 1.54) is 0 Å². The molecule has 1 rings (SSSR count). The van der Waals surface area contributed by atoms with Gasteiger partial charge in [-0.25, -0.2) is 0 Å². The lowest BCUT2D eigenvalue weighted by molar-refractivity contribution is -0.154. The predicted molar refractivity (Wildman–Crippen MR) is 62.3 cm³/mol. The molecule has 0 spiro atoms. The Bertz CT molecular complexity index is 434. The smallest absolute Gasteiger partial charge is 0.388 e.